The maximum absolute atomic E-state index is 5.82. The van der Waals surface area contributed by atoms with Crippen molar-refractivity contribution in [1.29, 1.82) is 0 Å². The van der Waals surface area contributed by atoms with Crippen molar-refractivity contribution in [1.82, 2.24) is 0 Å². The van der Waals surface area contributed by atoms with E-state index in [-0.39, 0.29) is 0 Å². The highest BCUT2D eigenvalue weighted by Crippen LogP contribution is 2.33. The zero-order chi connectivity index (χ0) is 12.8. The lowest BCUT2D eigenvalue weighted by Gasteiger charge is -2.03. The first-order chi connectivity index (χ1) is 8.81. The highest BCUT2D eigenvalue weighted by molar-refractivity contribution is 5.74. The van der Waals surface area contributed by atoms with Gasteiger partial charge in [-0.25, -0.2) is 0 Å². The van der Waals surface area contributed by atoms with E-state index in [0.29, 0.717) is 0 Å². The molecule has 0 fully saturated rings. The van der Waals surface area contributed by atoms with Crippen LogP contribution >= 0.6 is 0 Å². The maximum Gasteiger partial charge on any atom is 0.0317 e. The van der Waals surface area contributed by atoms with Crippen molar-refractivity contribution in [3.8, 4) is 0 Å². The van der Waals surface area contributed by atoms with Crippen molar-refractivity contribution >= 4 is 11.3 Å². The molecule has 1 aromatic rings. The normalized spacial score (nSPS) is 16.2. The lowest BCUT2D eigenvalue weighted by molar-refractivity contribution is 0.637. The summed E-state index contributed by atoms with van der Waals surface area (Å²) in [6.07, 6.45) is 12.9. The Morgan fingerprint density at radius 1 is 1.11 bits per heavy atom. The Bertz CT molecular complexity index is 418. The fourth-order valence-corrected chi connectivity index (χ4v) is 2.77. The van der Waals surface area contributed by atoms with Gasteiger partial charge in [0.2, 0.25) is 0 Å². The smallest absolute Gasteiger partial charge is 0.0317 e. The predicted molar refractivity (Wildman–Crippen MR) is 80.5 cm³/mol. The summed E-state index contributed by atoms with van der Waals surface area (Å²) in [4.78, 5) is 0. The van der Waals surface area contributed by atoms with E-state index < -0.39 is 0 Å². The third kappa shape index (κ3) is 3.38. The molecule has 1 heteroatoms. The SMILES string of the molecule is CCCCCCCC=C1CCc2cc(N)ccc21. The summed E-state index contributed by atoms with van der Waals surface area (Å²) < 4.78 is 0. The number of benzene rings is 1. The molecule has 1 aliphatic carbocycles. The predicted octanol–water partition coefficient (Wildman–Crippen LogP) is 4.96. The molecule has 2 rings (SSSR count). The van der Waals surface area contributed by atoms with Gasteiger partial charge in [-0.05, 0) is 54.5 Å². The molecule has 0 heterocycles. The molecule has 1 nitrogen and oxygen atoms in total. The number of rotatable bonds is 6. The van der Waals surface area contributed by atoms with Crippen LogP contribution in [0.1, 0.15) is 63.0 Å². The molecule has 0 amide bonds. The van der Waals surface area contributed by atoms with E-state index >= 15 is 0 Å². The van der Waals surface area contributed by atoms with Gasteiger partial charge < -0.3 is 5.73 Å². The minimum absolute atomic E-state index is 0.898. The van der Waals surface area contributed by atoms with Crippen LogP contribution in [-0.4, -0.2) is 0 Å². The van der Waals surface area contributed by atoms with Crippen molar-refractivity contribution in [3.05, 3.63) is 35.4 Å². The fraction of sp³-hybridized carbons (Fsp3) is 0.529. The molecule has 0 bridgehead atoms. The molecule has 18 heavy (non-hydrogen) atoms. The number of nitrogen functional groups attached to an aromatic ring is 1. The molecule has 1 aliphatic rings. The third-order valence-corrected chi connectivity index (χ3v) is 3.84. The van der Waals surface area contributed by atoms with Crippen LogP contribution in [0, 0.1) is 0 Å². The number of nitrogens with two attached hydrogens (primary N) is 1. The maximum atomic E-state index is 5.82. The van der Waals surface area contributed by atoms with Crippen molar-refractivity contribution < 1.29 is 0 Å². The molecule has 1 aromatic carbocycles. The fourth-order valence-electron chi connectivity index (χ4n) is 2.77. The van der Waals surface area contributed by atoms with Crippen molar-refractivity contribution in [2.45, 2.75) is 58.3 Å². The molecule has 0 saturated carbocycles. The van der Waals surface area contributed by atoms with Crippen LogP contribution in [0.2, 0.25) is 0 Å². The van der Waals surface area contributed by atoms with Gasteiger partial charge in [0.1, 0.15) is 0 Å². The summed E-state index contributed by atoms with van der Waals surface area (Å²) in [6.45, 7) is 2.27. The minimum Gasteiger partial charge on any atom is -0.399 e. The Labute approximate surface area is 111 Å². The monoisotopic (exact) mass is 243 g/mol. The molecule has 0 atom stereocenters. The van der Waals surface area contributed by atoms with Crippen LogP contribution in [0.5, 0.6) is 0 Å². The number of allylic oxidation sites excluding steroid dienone is 2. The number of fused-ring (bicyclic) bond motifs is 1. The third-order valence-electron chi connectivity index (χ3n) is 3.84. The average molecular weight is 243 g/mol. The number of aryl methyl sites for hydroxylation is 1. The average Bonchev–Trinajstić information content (AvgIpc) is 2.76. The minimum atomic E-state index is 0.898. The number of anilines is 1. The summed E-state index contributed by atoms with van der Waals surface area (Å²) >= 11 is 0. The second kappa shape index (κ2) is 6.63. The van der Waals surface area contributed by atoms with Gasteiger partial charge in [0.05, 0.1) is 0 Å². The van der Waals surface area contributed by atoms with Crippen molar-refractivity contribution in [3.63, 3.8) is 0 Å². The van der Waals surface area contributed by atoms with E-state index in [4.69, 9.17) is 5.73 Å². The number of hydrogen-bond acceptors (Lipinski definition) is 1. The van der Waals surface area contributed by atoms with Crippen LogP contribution in [0.25, 0.3) is 5.57 Å². The van der Waals surface area contributed by atoms with E-state index in [2.05, 4.69) is 25.1 Å². The summed E-state index contributed by atoms with van der Waals surface area (Å²) in [5, 5.41) is 0. The highest BCUT2D eigenvalue weighted by Gasteiger charge is 2.15. The first-order valence-corrected chi connectivity index (χ1v) is 7.39. The molecule has 98 valence electrons. The Hall–Kier alpha value is -1.24. The van der Waals surface area contributed by atoms with Gasteiger partial charge in [-0.15, -0.1) is 0 Å². The topological polar surface area (TPSA) is 26.0 Å². The molecule has 0 radical (unpaired) electrons. The Balaban J connectivity index is 1.85. The molecule has 2 N–H and O–H groups in total. The van der Waals surface area contributed by atoms with Gasteiger partial charge in [0.25, 0.3) is 0 Å². The molecule has 0 aromatic heterocycles. The van der Waals surface area contributed by atoms with Gasteiger partial charge in [-0.3, -0.25) is 0 Å². The molecular weight excluding hydrogens is 218 g/mol. The van der Waals surface area contributed by atoms with Crippen molar-refractivity contribution in [2.75, 3.05) is 5.73 Å². The van der Waals surface area contributed by atoms with E-state index in [1.165, 1.54) is 62.5 Å². The van der Waals surface area contributed by atoms with Crippen LogP contribution < -0.4 is 5.73 Å². The highest BCUT2D eigenvalue weighted by atomic mass is 14.5. The summed E-state index contributed by atoms with van der Waals surface area (Å²) in [5.74, 6) is 0. The Kier molecular flexibility index (Phi) is 4.86. The van der Waals surface area contributed by atoms with Crippen LogP contribution in [0.3, 0.4) is 0 Å². The summed E-state index contributed by atoms with van der Waals surface area (Å²) in [5.41, 5.74) is 11.1. The van der Waals surface area contributed by atoms with Crippen LogP contribution in [0.15, 0.2) is 24.3 Å². The number of unbranched alkanes of at least 4 members (excludes halogenated alkanes) is 5. The standard InChI is InChI=1S/C17H25N/c1-2-3-4-5-6-7-8-14-9-10-15-13-16(18)11-12-17(14)15/h8,11-13H,2-7,9-10,18H2,1H3. The summed E-state index contributed by atoms with van der Waals surface area (Å²) in [7, 11) is 0. The Morgan fingerprint density at radius 2 is 1.94 bits per heavy atom. The zero-order valence-electron chi connectivity index (χ0n) is 11.5. The lowest BCUT2D eigenvalue weighted by Crippen LogP contribution is -1.87. The Morgan fingerprint density at radius 3 is 2.78 bits per heavy atom. The first kappa shape index (κ1) is 13.2. The molecule has 0 saturated heterocycles. The van der Waals surface area contributed by atoms with Gasteiger partial charge >= 0.3 is 0 Å². The zero-order valence-corrected chi connectivity index (χ0v) is 11.5. The van der Waals surface area contributed by atoms with E-state index in [1.54, 1.807) is 5.57 Å². The van der Waals surface area contributed by atoms with E-state index in [9.17, 15) is 0 Å². The van der Waals surface area contributed by atoms with E-state index in [1.807, 2.05) is 6.07 Å². The second-order valence-corrected chi connectivity index (χ2v) is 5.35. The van der Waals surface area contributed by atoms with E-state index in [0.717, 1.165) is 5.69 Å². The van der Waals surface area contributed by atoms with Gasteiger partial charge in [-0.2, -0.15) is 0 Å². The molecule has 0 spiro atoms. The molecule has 0 aliphatic heterocycles. The largest absolute Gasteiger partial charge is 0.399 e. The van der Waals surface area contributed by atoms with Crippen molar-refractivity contribution in [2.24, 2.45) is 0 Å². The number of hydrogen-bond donors (Lipinski definition) is 1. The van der Waals surface area contributed by atoms with Crippen LogP contribution in [-0.2, 0) is 6.42 Å². The molecular formula is C17H25N. The van der Waals surface area contributed by atoms with Crippen LogP contribution in [0.4, 0.5) is 5.69 Å². The lowest BCUT2D eigenvalue weighted by atomic mass is 10.0. The first-order valence-electron chi connectivity index (χ1n) is 7.39. The molecule has 0 unspecified atom stereocenters. The second-order valence-electron chi connectivity index (χ2n) is 5.35. The van der Waals surface area contributed by atoms with Gasteiger partial charge in [0, 0.05) is 5.69 Å². The quantitative estimate of drug-likeness (QED) is 0.554. The summed E-state index contributed by atoms with van der Waals surface area (Å²) in [6, 6.07) is 6.36. The van der Waals surface area contributed by atoms with Gasteiger partial charge in [-0.1, -0.05) is 44.7 Å². The van der Waals surface area contributed by atoms with Gasteiger partial charge in [0.15, 0.2) is 0 Å².